The number of hydrogen-bond acceptors (Lipinski definition) is 5. The Labute approximate surface area is 160 Å². The largest absolute Gasteiger partial charge is 0.390 e. The fraction of sp³-hybridized carbons (Fsp3) is 0.842. The molecule has 1 aliphatic rings. The molecule has 0 aromatic carbocycles. The van der Waals surface area contributed by atoms with Gasteiger partial charge in [0, 0.05) is 18.4 Å². The van der Waals surface area contributed by atoms with Crippen LogP contribution in [0.2, 0.25) is 0 Å². The standard InChI is InChI=1S/C13H21NO4S.3C2H6/c1-8(15)6-13(4,18)7-12(2,3)14-10(16)5-9(19)11(14)17;3*1-2/h9,18-19H,5-7H2,1-4H3;3*1-2H3. The van der Waals surface area contributed by atoms with E-state index < -0.39 is 16.4 Å². The van der Waals surface area contributed by atoms with E-state index in [1.54, 1.807) is 20.8 Å². The molecular weight excluding hydrogens is 338 g/mol. The van der Waals surface area contributed by atoms with E-state index in [4.69, 9.17) is 0 Å². The van der Waals surface area contributed by atoms with Crippen molar-refractivity contribution in [3.8, 4) is 0 Å². The fourth-order valence-electron chi connectivity index (χ4n) is 2.86. The minimum atomic E-state index is -1.25. The lowest BCUT2D eigenvalue weighted by atomic mass is 9.84. The number of nitrogens with zero attached hydrogens (tertiary/aromatic N) is 1. The van der Waals surface area contributed by atoms with Crippen molar-refractivity contribution in [2.24, 2.45) is 0 Å². The van der Waals surface area contributed by atoms with Crippen LogP contribution in [-0.4, -0.2) is 44.0 Å². The molecule has 0 saturated carbocycles. The number of carbonyl (C=O) groups excluding carboxylic acids is 3. The lowest BCUT2D eigenvalue weighted by Crippen LogP contribution is -2.52. The fourth-order valence-corrected chi connectivity index (χ4v) is 3.13. The van der Waals surface area contributed by atoms with Crippen molar-refractivity contribution in [2.75, 3.05) is 0 Å². The second kappa shape index (κ2) is 13.3. The van der Waals surface area contributed by atoms with Crippen LogP contribution in [0.5, 0.6) is 0 Å². The van der Waals surface area contributed by atoms with Gasteiger partial charge >= 0.3 is 0 Å². The minimum absolute atomic E-state index is 0.00302. The number of Topliss-reactive ketones (excluding diaryl/α,β-unsaturated/α-hetero) is 1. The Bertz CT molecular complexity index is 420. The number of imide groups is 1. The summed E-state index contributed by atoms with van der Waals surface area (Å²) in [6, 6.07) is 0. The number of rotatable bonds is 5. The van der Waals surface area contributed by atoms with E-state index in [9.17, 15) is 19.5 Å². The van der Waals surface area contributed by atoms with E-state index in [1.165, 1.54) is 11.8 Å². The van der Waals surface area contributed by atoms with Crippen molar-refractivity contribution in [2.45, 2.75) is 105 Å². The van der Waals surface area contributed by atoms with Crippen LogP contribution in [-0.2, 0) is 14.4 Å². The summed E-state index contributed by atoms with van der Waals surface area (Å²) in [6.07, 6.45) is 0.231. The highest BCUT2D eigenvalue weighted by Crippen LogP contribution is 2.33. The predicted molar refractivity (Wildman–Crippen MR) is 108 cm³/mol. The van der Waals surface area contributed by atoms with E-state index in [1.807, 2.05) is 41.5 Å². The third-order valence-corrected chi connectivity index (χ3v) is 3.57. The van der Waals surface area contributed by atoms with Gasteiger partial charge in [0.1, 0.15) is 5.78 Å². The van der Waals surface area contributed by atoms with E-state index in [2.05, 4.69) is 12.6 Å². The van der Waals surface area contributed by atoms with Crippen LogP contribution in [0.1, 0.15) is 88.5 Å². The summed E-state index contributed by atoms with van der Waals surface area (Å²) >= 11 is 4.08. The monoisotopic (exact) mass is 377 g/mol. The van der Waals surface area contributed by atoms with Crippen molar-refractivity contribution < 1.29 is 19.5 Å². The van der Waals surface area contributed by atoms with Crippen molar-refractivity contribution in [3.05, 3.63) is 0 Å². The van der Waals surface area contributed by atoms with Crippen molar-refractivity contribution in [1.29, 1.82) is 0 Å². The molecule has 1 rings (SSSR count). The van der Waals surface area contributed by atoms with Crippen LogP contribution in [0.4, 0.5) is 0 Å². The number of ketones is 1. The van der Waals surface area contributed by atoms with Gasteiger partial charge in [0.2, 0.25) is 11.8 Å². The van der Waals surface area contributed by atoms with Crippen LogP contribution in [0.3, 0.4) is 0 Å². The summed E-state index contributed by atoms with van der Waals surface area (Å²) in [5.74, 6) is -0.752. The summed E-state index contributed by atoms with van der Waals surface area (Å²) in [5.41, 5.74) is -2.09. The molecule has 0 bridgehead atoms. The van der Waals surface area contributed by atoms with Gasteiger partial charge in [0.15, 0.2) is 0 Å². The number of aliphatic hydroxyl groups is 1. The Balaban J connectivity index is -0.000000725. The highest BCUT2D eigenvalue weighted by Gasteiger charge is 2.47. The third kappa shape index (κ3) is 10.00. The van der Waals surface area contributed by atoms with Gasteiger partial charge in [-0.1, -0.05) is 41.5 Å². The van der Waals surface area contributed by atoms with Gasteiger partial charge < -0.3 is 5.11 Å². The summed E-state index contributed by atoms with van der Waals surface area (Å²) in [4.78, 5) is 36.1. The average molecular weight is 378 g/mol. The molecule has 0 spiro atoms. The first-order valence-electron chi connectivity index (χ1n) is 9.23. The molecule has 0 aromatic heterocycles. The lowest BCUT2D eigenvalue weighted by Gasteiger charge is -2.39. The molecule has 0 radical (unpaired) electrons. The minimum Gasteiger partial charge on any atom is -0.390 e. The van der Waals surface area contributed by atoms with E-state index in [-0.39, 0.29) is 36.9 Å². The number of carbonyl (C=O) groups is 3. The molecule has 1 N–H and O–H groups in total. The topological polar surface area (TPSA) is 74.7 Å². The predicted octanol–water partition coefficient (Wildman–Crippen LogP) is 4.02. The first kappa shape index (κ1) is 28.9. The average Bonchev–Trinajstić information content (AvgIpc) is 2.76. The maximum Gasteiger partial charge on any atom is 0.243 e. The molecule has 1 saturated heterocycles. The molecule has 6 heteroatoms. The number of hydrogen-bond donors (Lipinski definition) is 2. The van der Waals surface area contributed by atoms with Crippen molar-refractivity contribution >= 4 is 30.2 Å². The highest BCUT2D eigenvalue weighted by atomic mass is 32.1. The van der Waals surface area contributed by atoms with Gasteiger partial charge in [-0.2, -0.15) is 12.6 Å². The Morgan fingerprint density at radius 2 is 1.52 bits per heavy atom. The zero-order valence-electron chi connectivity index (χ0n) is 17.8. The van der Waals surface area contributed by atoms with Gasteiger partial charge in [-0.05, 0) is 34.1 Å². The summed E-state index contributed by atoms with van der Waals surface area (Å²) in [6.45, 7) is 18.4. The molecule has 2 amide bonds. The Morgan fingerprint density at radius 3 is 1.80 bits per heavy atom. The molecule has 1 fully saturated rings. The van der Waals surface area contributed by atoms with Gasteiger partial charge in [0.25, 0.3) is 0 Å². The van der Waals surface area contributed by atoms with Gasteiger partial charge in [-0.3, -0.25) is 19.3 Å². The molecule has 5 nitrogen and oxygen atoms in total. The van der Waals surface area contributed by atoms with E-state index in [0.717, 1.165) is 0 Å². The van der Waals surface area contributed by atoms with E-state index in [0.29, 0.717) is 0 Å². The number of likely N-dealkylation sites (tertiary alicyclic amines) is 1. The first-order chi connectivity index (χ1) is 11.5. The molecule has 0 aliphatic carbocycles. The van der Waals surface area contributed by atoms with Crippen molar-refractivity contribution in [3.63, 3.8) is 0 Å². The summed E-state index contributed by atoms with van der Waals surface area (Å²) in [5, 5.41) is 9.62. The third-order valence-electron chi connectivity index (χ3n) is 3.17. The first-order valence-corrected chi connectivity index (χ1v) is 9.75. The molecular formula is C19H39NO4S. The van der Waals surface area contributed by atoms with Gasteiger partial charge in [-0.25, -0.2) is 0 Å². The smallest absolute Gasteiger partial charge is 0.243 e. The van der Waals surface area contributed by atoms with Crippen LogP contribution in [0, 0.1) is 0 Å². The molecule has 1 heterocycles. The zero-order valence-corrected chi connectivity index (χ0v) is 18.7. The second-order valence-electron chi connectivity index (χ2n) is 6.15. The molecule has 2 unspecified atom stereocenters. The second-order valence-corrected chi connectivity index (χ2v) is 6.78. The summed E-state index contributed by atoms with van der Waals surface area (Å²) < 4.78 is 0. The van der Waals surface area contributed by atoms with Crippen molar-refractivity contribution in [1.82, 2.24) is 4.90 Å². The SMILES string of the molecule is CC.CC.CC.CC(=O)CC(C)(O)CC(C)(C)N1C(=O)CC(S)C1=O. The van der Waals surface area contributed by atoms with Crippen LogP contribution in [0.25, 0.3) is 0 Å². The number of thiol groups is 1. The van der Waals surface area contributed by atoms with Gasteiger partial charge in [-0.15, -0.1) is 0 Å². The molecule has 2 atom stereocenters. The zero-order chi connectivity index (χ0) is 21.0. The molecule has 0 aromatic rings. The van der Waals surface area contributed by atoms with Crippen LogP contribution < -0.4 is 0 Å². The highest BCUT2D eigenvalue weighted by molar-refractivity contribution is 7.81. The Hall–Kier alpha value is -0.880. The number of amides is 2. The van der Waals surface area contributed by atoms with Crippen LogP contribution in [0.15, 0.2) is 0 Å². The summed E-state index contributed by atoms with van der Waals surface area (Å²) in [7, 11) is 0. The maximum atomic E-state index is 12.0. The normalized spacial score (nSPS) is 18.7. The molecule has 150 valence electrons. The Kier molecular flexibility index (Phi) is 15.4. The Morgan fingerprint density at radius 1 is 1.12 bits per heavy atom. The quantitative estimate of drug-likeness (QED) is 0.560. The van der Waals surface area contributed by atoms with Crippen LogP contribution >= 0.6 is 12.6 Å². The lowest BCUT2D eigenvalue weighted by molar-refractivity contribution is -0.146. The molecule has 1 aliphatic heterocycles. The van der Waals surface area contributed by atoms with E-state index >= 15 is 0 Å². The van der Waals surface area contributed by atoms with Gasteiger partial charge in [0.05, 0.1) is 10.9 Å². The molecule has 25 heavy (non-hydrogen) atoms. The maximum absolute atomic E-state index is 12.0.